The van der Waals surface area contributed by atoms with Gasteiger partial charge in [-0.1, -0.05) is 28.1 Å². The maximum atomic E-state index is 12.1. The van der Waals surface area contributed by atoms with Gasteiger partial charge in [-0.05, 0) is 43.0 Å². The predicted molar refractivity (Wildman–Crippen MR) is 77.8 cm³/mol. The molecule has 0 amide bonds. The Morgan fingerprint density at radius 2 is 1.94 bits per heavy atom. The number of halogens is 1. The molecule has 1 fully saturated rings. The number of hydrogen-bond acceptors (Lipinski definition) is 3. The monoisotopic (exact) mass is 348 g/mol. The molecule has 4 nitrogen and oxygen atoms in total. The van der Waals surface area contributed by atoms with E-state index in [1.165, 1.54) is 12.1 Å². The number of hydrogen-bond donors (Lipinski definition) is 2. The van der Waals surface area contributed by atoms with Crippen LogP contribution in [0.5, 0.6) is 0 Å². The van der Waals surface area contributed by atoms with E-state index in [0.29, 0.717) is 0 Å². The van der Waals surface area contributed by atoms with E-state index in [4.69, 9.17) is 18.0 Å². The molecule has 0 spiro atoms. The standard InChI is InChI=1S/C11H13BrN2O2S2/c12-8-3-5-9(6-4-8)18(15,16)14-10(11(13)17)7-1-2-7/h3-7,10,14H,1-2H2,(H2,13,17). The fourth-order valence-electron chi connectivity index (χ4n) is 1.67. The lowest BCUT2D eigenvalue weighted by Crippen LogP contribution is -2.44. The highest BCUT2D eigenvalue weighted by atomic mass is 79.9. The highest BCUT2D eigenvalue weighted by Gasteiger charge is 2.36. The van der Waals surface area contributed by atoms with E-state index in [-0.39, 0.29) is 15.8 Å². The second-order valence-corrected chi connectivity index (χ2v) is 7.39. The Kier molecular flexibility index (Phi) is 4.05. The summed E-state index contributed by atoms with van der Waals surface area (Å²) in [7, 11) is -3.56. The molecule has 0 radical (unpaired) electrons. The van der Waals surface area contributed by atoms with Crippen molar-refractivity contribution in [1.29, 1.82) is 0 Å². The molecule has 1 aliphatic carbocycles. The maximum Gasteiger partial charge on any atom is 0.241 e. The van der Waals surface area contributed by atoms with Crippen LogP contribution in [0.3, 0.4) is 0 Å². The fraction of sp³-hybridized carbons (Fsp3) is 0.364. The summed E-state index contributed by atoms with van der Waals surface area (Å²) in [6.45, 7) is 0. The van der Waals surface area contributed by atoms with Crippen molar-refractivity contribution in [2.24, 2.45) is 11.7 Å². The maximum absolute atomic E-state index is 12.1. The summed E-state index contributed by atoms with van der Waals surface area (Å²) in [6, 6.07) is 6.00. The highest BCUT2D eigenvalue weighted by molar-refractivity contribution is 9.10. The minimum atomic E-state index is -3.56. The first kappa shape index (κ1) is 13.9. The number of rotatable bonds is 5. The first-order chi connectivity index (χ1) is 8.40. The van der Waals surface area contributed by atoms with Crippen LogP contribution < -0.4 is 10.5 Å². The van der Waals surface area contributed by atoms with Gasteiger partial charge in [-0.2, -0.15) is 0 Å². The summed E-state index contributed by atoms with van der Waals surface area (Å²) in [5, 5.41) is 0. The number of thiocarbonyl (C=S) groups is 1. The van der Waals surface area contributed by atoms with Gasteiger partial charge in [0.2, 0.25) is 10.0 Å². The summed E-state index contributed by atoms with van der Waals surface area (Å²) < 4.78 is 27.7. The zero-order valence-electron chi connectivity index (χ0n) is 9.47. The van der Waals surface area contributed by atoms with Gasteiger partial charge in [0.15, 0.2) is 0 Å². The third-order valence-electron chi connectivity index (χ3n) is 2.81. The van der Waals surface area contributed by atoms with E-state index in [9.17, 15) is 8.42 Å². The van der Waals surface area contributed by atoms with Gasteiger partial charge in [-0.25, -0.2) is 13.1 Å². The molecule has 0 aliphatic heterocycles. The summed E-state index contributed by atoms with van der Waals surface area (Å²) in [6.07, 6.45) is 1.93. The lowest BCUT2D eigenvalue weighted by molar-refractivity contribution is 0.565. The Morgan fingerprint density at radius 1 is 1.39 bits per heavy atom. The van der Waals surface area contributed by atoms with Crippen molar-refractivity contribution >= 4 is 43.2 Å². The lowest BCUT2D eigenvalue weighted by Gasteiger charge is -2.16. The Morgan fingerprint density at radius 3 is 2.39 bits per heavy atom. The normalized spacial score (nSPS) is 17.4. The Labute approximate surface area is 120 Å². The Bertz CT molecular complexity index is 553. The van der Waals surface area contributed by atoms with Crippen LogP contribution in [-0.2, 0) is 10.0 Å². The van der Waals surface area contributed by atoms with Crippen LogP contribution in [0.15, 0.2) is 33.6 Å². The molecular weight excluding hydrogens is 336 g/mol. The smallest absolute Gasteiger partial charge is 0.241 e. The second kappa shape index (κ2) is 5.24. The molecule has 98 valence electrons. The van der Waals surface area contributed by atoms with Gasteiger partial charge in [0, 0.05) is 4.47 Å². The SMILES string of the molecule is NC(=S)C(NS(=O)(=O)c1ccc(Br)cc1)C1CC1. The zero-order valence-corrected chi connectivity index (χ0v) is 12.7. The van der Waals surface area contributed by atoms with Crippen molar-refractivity contribution in [2.45, 2.75) is 23.8 Å². The molecule has 0 heterocycles. The molecule has 1 unspecified atom stereocenters. The summed E-state index contributed by atoms with van der Waals surface area (Å²) in [5.74, 6) is 0.243. The molecule has 18 heavy (non-hydrogen) atoms. The van der Waals surface area contributed by atoms with Gasteiger partial charge in [-0.3, -0.25) is 0 Å². The number of sulfonamides is 1. The van der Waals surface area contributed by atoms with Crippen molar-refractivity contribution in [3.8, 4) is 0 Å². The van der Waals surface area contributed by atoms with Gasteiger partial charge >= 0.3 is 0 Å². The summed E-state index contributed by atoms with van der Waals surface area (Å²) in [5.41, 5.74) is 5.58. The summed E-state index contributed by atoms with van der Waals surface area (Å²) in [4.78, 5) is 0.422. The van der Waals surface area contributed by atoms with Crippen LogP contribution >= 0.6 is 28.1 Å². The average molecular weight is 349 g/mol. The molecule has 2 rings (SSSR count). The number of nitrogens with one attached hydrogen (secondary N) is 1. The van der Waals surface area contributed by atoms with E-state index in [0.717, 1.165) is 17.3 Å². The summed E-state index contributed by atoms with van der Waals surface area (Å²) >= 11 is 8.18. The molecule has 1 aliphatic rings. The second-order valence-electron chi connectivity index (χ2n) is 4.29. The molecule has 7 heteroatoms. The molecular formula is C11H13BrN2O2S2. The molecule has 0 saturated heterocycles. The van der Waals surface area contributed by atoms with E-state index < -0.39 is 16.1 Å². The molecule has 1 aromatic carbocycles. The van der Waals surface area contributed by atoms with E-state index in [2.05, 4.69) is 20.7 Å². The topological polar surface area (TPSA) is 72.2 Å². The van der Waals surface area contributed by atoms with Crippen molar-refractivity contribution in [3.05, 3.63) is 28.7 Å². The predicted octanol–water partition coefficient (Wildman–Crippen LogP) is 1.79. The van der Waals surface area contributed by atoms with Crippen LogP contribution in [0.2, 0.25) is 0 Å². The fourth-order valence-corrected chi connectivity index (χ4v) is 3.54. The third-order valence-corrected chi connectivity index (χ3v) is 5.05. The van der Waals surface area contributed by atoms with Crippen LogP contribution in [0.1, 0.15) is 12.8 Å². The van der Waals surface area contributed by atoms with Gasteiger partial charge < -0.3 is 5.73 Å². The minimum Gasteiger partial charge on any atom is -0.392 e. The number of nitrogens with two attached hydrogens (primary N) is 1. The van der Waals surface area contributed by atoms with Crippen molar-refractivity contribution in [3.63, 3.8) is 0 Å². The first-order valence-corrected chi connectivity index (χ1v) is 8.16. The molecule has 1 atom stereocenters. The van der Waals surface area contributed by atoms with Gasteiger partial charge in [0.05, 0.1) is 15.9 Å². The molecule has 1 aromatic rings. The number of benzene rings is 1. The minimum absolute atomic E-state index is 0.207. The van der Waals surface area contributed by atoms with Crippen LogP contribution in [0, 0.1) is 5.92 Å². The lowest BCUT2D eigenvalue weighted by atomic mass is 10.2. The molecule has 0 bridgehead atoms. The van der Waals surface area contributed by atoms with Crippen LogP contribution in [0.25, 0.3) is 0 Å². The zero-order chi connectivity index (χ0) is 13.3. The van der Waals surface area contributed by atoms with Gasteiger partial charge in [-0.15, -0.1) is 0 Å². The Balaban J connectivity index is 2.20. The van der Waals surface area contributed by atoms with Gasteiger partial charge in [0.1, 0.15) is 0 Å². The van der Waals surface area contributed by atoms with Crippen molar-refractivity contribution < 1.29 is 8.42 Å². The van der Waals surface area contributed by atoms with Crippen LogP contribution in [0.4, 0.5) is 0 Å². The Hall–Kier alpha value is -0.500. The molecule has 0 aromatic heterocycles. The molecule has 1 saturated carbocycles. The highest BCUT2D eigenvalue weighted by Crippen LogP contribution is 2.33. The van der Waals surface area contributed by atoms with E-state index in [1.807, 2.05) is 0 Å². The van der Waals surface area contributed by atoms with Crippen LogP contribution in [-0.4, -0.2) is 19.4 Å². The first-order valence-electron chi connectivity index (χ1n) is 5.47. The quantitative estimate of drug-likeness (QED) is 0.795. The van der Waals surface area contributed by atoms with Gasteiger partial charge in [0.25, 0.3) is 0 Å². The van der Waals surface area contributed by atoms with E-state index in [1.54, 1.807) is 12.1 Å². The van der Waals surface area contributed by atoms with E-state index >= 15 is 0 Å². The van der Waals surface area contributed by atoms with Crippen molar-refractivity contribution in [1.82, 2.24) is 4.72 Å². The molecule has 3 N–H and O–H groups in total. The van der Waals surface area contributed by atoms with Crippen molar-refractivity contribution in [2.75, 3.05) is 0 Å². The third kappa shape index (κ3) is 3.28. The largest absolute Gasteiger partial charge is 0.392 e. The average Bonchev–Trinajstić information content (AvgIpc) is 3.10.